The van der Waals surface area contributed by atoms with Crippen molar-refractivity contribution >= 4 is 17.9 Å². The lowest BCUT2D eigenvalue weighted by molar-refractivity contribution is -0.154. The van der Waals surface area contributed by atoms with E-state index in [9.17, 15) is 24.8 Å². The van der Waals surface area contributed by atoms with Crippen LogP contribution in [-0.2, 0) is 61.8 Å². The van der Waals surface area contributed by atoms with Gasteiger partial charge in [0.05, 0.1) is 130 Å². The molecule has 66 heavy (non-hydrogen) atoms. The first kappa shape index (κ1) is 60.8. The van der Waals surface area contributed by atoms with Gasteiger partial charge in [0.25, 0.3) is 0 Å². The van der Waals surface area contributed by atoms with Crippen LogP contribution in [0, 0.1) is 35.0 Å². The monoisotopic (exact) mass is 938 g/mol. The number of methoxy groups -OCH3 is 1. The zero-order chi connectivity index (χ0) is 48.1. The van der Waals surface area contributed by atoms with E-state index >= 15 is 0 Å². The molecule has 0 radical (unpaired) electrons. The van der Waals surface area contributed by atoms with Gasteiger partial charge in [0.15, 0.2) is 0 Å². The molecule has 0 aliphatic rings. The first-order valence-electron chi connectivity index (χ1n) is 24.8. The summed E-state index contributed by atoms with van der Waals surface area (Å²) in [5.74, 6) is -5.03. The van der Waals surface area contributed by atoms with E-state index in [2.05, 4.69) is 19.9 Å². The minimum atomic E-state index is -1.07. The molecular weight excluding hydrogens is 851 g/mol. The van der Waals surface area contributed by atoms with Crippen molar-refractivity contribution < 1.29 is 66.9 Å². The summed E-state index contributed by atoms with van der Waals surface area (Å²) in [6, 6.07) is 12.3. The van der Waals surface area contributed by atoms with Gasteiger partial charge in [-0.1, -0.05) is 109 Å². The largest absolute Gasteiger partial charge is 0.481 e. The maximum Gasteiger partial charge on any atom is 0.308 e. The summed E-state index contributed by atoms with van der Waals surface area (Å²) < 4.78 is 54.4. The van der Waals surface area contributed by atoms with Gasteiger partial charge in [-0.15, -0.1) is 0 Å². The van der Waals surface area contributed by atoms with Crippen molar-refractivity contribution in [1.82, 2.24) is 0 Å². The third-order valence-corrected chi connectivity index (χ3v) is 11.3. The highest BCUT2D eigenvalue weighted by Gasteiger charge is 2.33. The molecule has 1 N–H and O–H groups in total. The molecular formula is C51H87NO14. The summed E-state index contributed by atoms with van der Waals surface area (Å²) in [4.78, 5) is 39.3. The number of carboxylic acids is 1. The quantitative estimate of drug-likeness (QED) is 0.0483. The van der Waals surface area contributed by atoms with E-state index in [4.69, 9.17) is 47.4 Å². The minimum absolute atomic E-state index is 0.0195. The average Bonchev–Trinajstić information content (AvgIpc) is 3.32. The highest BCUT2D eigenvalue weighted by atomic mass is 16.6. The second-order valence-corrected chi connectivity index (χ2v) is 16.7. The molecule has 0 fully saturated rings. The van der Waals surface area contributed by atoms with Crippen LogP contribution in [0.5, 0.6) is 0 Å². The molecule has 380 valence electrons. The number of benzene rings is 1. The van der Waals surface area contributed by atoms with Crippen LogP contribution in [0.2, 0.25) is 0 Å². The number of esters is 2. The topological polar surface area (TPSA) is 188 Å². The maximum atomic E-state index is 13.6. The SMILES string of the molecule is CCCCCCCCCCCCOC(=O)C(CC(C)C(=O)OCCOCCOCCOCCOCCOCCOCCOCCOC)CC(CC(C#N)CC(CC)c1ccccc1)C(=O)O. The number of rotatable bonds is 48. The predicted molar refractivity (Wildman–Crippen MR) is 252 cm³/mol. The van der Waals surface area contributed by atoms with Crippen molar-refractivity contribution in [3.63, 3.8) is 0 Å². The van der Waals surface area contributed by atoms with E-state index in [-0.39, 0.29) is 45.0 Å². The summed E-state index contributed by atoms with van der Waals surface area (Å²) in [6.45, 7) is 12.8. The minimum Gasteiger partial charge on any atom is -0.481 e. The van der Waals surface area contributed by atoms with Gasteiger partial charge in [0, 0.05) is 13.0 Å². The molecule has 0 heterocycles. The van der Waals surface area contributed by atoms with Gasteiger partial charge < -0.3 is 52.5 Å². The van der Waals surface area contributed by atoms with Crippen molar-refractivity contribution in [1.29, 1.82) is 5.26 Å². The molecule has 0 aromatic heterocycles. The summed E-state index contributed by atoms with van der Waals surface area (Å²) >= 11 is 0. The molecule has 5 unspecified atom stereocenters. The van der Waals surface area contributed by atoms with Crippen molar-refractivity contribution in [2.45, 2.75) is 123 Å². The summed E-state index contributed by atoms with van der Waals surface area (Å²) in [5.41, 5.74) is 1.11. The lowest BCUT2D eigenvalue weighted by Gasteiger charge is -2.25. The first-order valence-corrected chi connectivity index (χ1v) is 24.8. The molecule has 0 aliphatic heterocycles. The van der Waals surface area contributed by atoms with Crippen LogP contribution in [0.15, 0.2) is 30.3 Å². The number of nitrogens with zero attached hydrogens (tertiary/aromatic N) is 1. The molecule has 0 saturated heterocycles. The van der Waals surface area contributed by atoms with Crippen LogP contribution in [0.1, 0.15) is 129 Å². The van der Waals surface area contributed by atoms with Gasteiger partial charge in [0.2, 0.25) is 0 Å². The molecule has 1 aromatic carbocycles. The predicted octanol–water partition coefficient (Wildman–Crippen LogP) is 8.60. The van der Waals surface area contributed by atoms with Crippen LogP contribution < -0.4 is 0 Å². The Morgan fingerprint density at radius 1 is 0.530 bits per heavy atom. The van der Waals surface area contributed by atoms with E-state index in [1.54, 1.807) is 14.0 Å². The third kappa shape index (κ3) is 34.1. The van der Waals surface area contributed by atoms with Crippen LogP contribution in [0.4, 0.5) is 0 Å². The molecule has 15 heteroatoms. The number of hydrogen-bond acceptors (Lipinski definition) is 14. The second kappa shape index (κ2) is 44.3. The van der Waals surface area contributed by atoms with Gasteiger partial charge in [-0.3, -0.25) is 14.4 Å². The summed E-state index contributed by atoms with van der Waals surface area (Å²) in [5, 5.41) is 20.4. The normalized spacial score (nSPS) is 13.7. The van der Waals surface area contributed by atoms with Crippen molar-refractivity contribution in [2.75, 3.05) is 119 Å². The third-order valence-electron chi connectivity index (χ3n) is 11.3. The second-order valence-electron chi connectivity index (χ2n) is 16.7. The Hall–Kier alpha value is -3.20. The van der Waals surface area contributed by atoms with Crippen LogP contribution >= 0.6 is 0 Å². The lowest BCUT2D eigenvalue weighted by atomic mass is 9.79. The molecule has 0 bridgehead atoms. The van der Waals surface area contributed by atoms with Crippen molar-refractivity contribution in [2.24, 2.45) is 23.7 Å². The molecule has 1 aromatic rings. The van der Waals surface area contributed by atoms with Gasteiger partial charge in [0.1, 0.15) is 6.61 Å². The zero-order valence-electron chi connectivity index (χ0n) is 41.1. The number of aliphatic carboxylic acids is 1. The lowest BCUT2D eigenvalue weighted by Crippen LogP contribution is -2.30. The Morgan fingerprint density at radius 3 is 1.41 bits per heavy atom. The van der Waals surface area contributed by atoms with E-state index in [1.165, 1.54) is 38.5 Å². The zero-order valence-corrected chi connectivity index (χ0v) is 41.1. The number of carbonyl (C=O) groups is 3. The van der Waals surface area contributed by atoms with Crippen LogP contribution in [-0.4, -0.2) is 142 Å². The fraction of sp³-hybridized carbons (Fsp3) is 0.804. The summed E-state index contributed by atoms with van der Waals surface area (Å²) in [7, 11) is 1.63. The summed E-state index contributed by atoms with van der Waals surface area (Å²) in [6.07, 6.45) is 12.9. The molecule has 5 atom stereocenters. The molecule has 15 nitrogen and oxygen atoms in total. The smallest absolute Gasteiger partial charge is 0.308 e. The highest BCUT2D eigenvalue weighted by molar-refractivity contribution is 5.77. The Morgan fingerprint density at radius 2 is 0.970 bits per heavy atom. The van der Waals surface area contributed by atoms with E-state index < -0.39 is 41.6 Å². The number of unbranched alkanes of at least 4 members (excludes halogenated alkanes) is 9. The number of carbonyl (C=O) groups excluding carboxylic acids is 2. The van der Waals surface area contributed by atoms with Crippen molar-refractivity contribution in [3.8, 4) is 6.07 Å². The first-order chi connectivity index (χ1) is 32.3. The Balaban J connectivity index is 2.43. The maximum absolute atomic E-state index is 13.6. The number of hydrogen-bond donors (Lipinski definition) is 1. The van der Waals surface area contributed by atoms with E-state index in [0.717, 1.165) is 37.7 Å². The fourth-order valence-electron chi connectivity index (χ4n) is 7.39. The molecule has 0 spiro atoms. The molecule has 0 aliphatic carbocycles. The Kier molecular flexibility index (Phi) is 40.8. The van der Waals surface area contributed by atoms with Gasteiger partial charge >= 0.3 is 17.9 Å². The fourth-order valence-corrected chi connectivity index (χ4v) is 7.39. The number of carboxylic acid groups (broad SMARTS) is 1. The number of nitriles is 1. The average molecular weight is 938 g/mol. The Labute approximate surface area is 397 Å². The Bertz CT molecular complexity index is 1330. The van der Waals surface area contributed by atoms with Gasteiger partial charge in [-0.25, -0.2) is 0 Å². The van der Waals surface area contributed by atoms with Gasteiger partial charge in [-0.05, 0) is 50.0 Å². The standard InChI is InChI=1S/C51H87NO14/c1-5-7-8-9-10-11-12-13-14-18-21-65-51(56)48(41-47(49(53)54)40-44(42-52)39-45(6-2)46-19-16-15-17-20-46)38-43(3)50(55)66-37-36-64-35-34-63-33-32-62-31-30-61-29-28-60-27-26-59-25-24-58-23-22-57-4/h15-17,19-20,43-45,47-48H,5-14,18,21-41H2,1-4H3,(H,53,54). The number of ether oxygens (including phenoxy) is 10. The molecule has 0 saturated carbocycles. The molecule has 1 rings (SSSR count). The molecule has 0 amide bonds. The van der Waals surface area contributed by atoms with E-state index in [0.29, 0.717) is 98.9 Å². The van der Waals surface area contributed by atoms with Crippen molar-refractivity contribution in [3.05, 3.63) is 35.9 Å². The van der Waals surface area contributed by atoms with Crippen LogP contribution in [0.25, 0.3) is 0 Å². The van der Waals surface area contributed by atoms with E-state index in [1.807, 2.05) is 30.3 Å². The van der Waals surface area contributed by atoms with Crippen LogP contribution in [0.3, 0.4) is 0 Å². The highest BCUT2D eigenvalue weighted by Crippen LogP contribution is 2.33. The van der Waals surface area contributed by atoms with Gasteiger partial charge in [-0.2, -0.15) is 5.26 Å².